The molecule has 5 aromatic carbocycles. The van der Waals surface area contributed by atoms with Gasteiger partial charge in [-0.2, -0.15) is 0 Å². The second-order valence-corrected chi connectivity index (χ2v) is 15.2. The van der Waals surface area contributed by atoms with Crippen LogP contribution < -0.4 is 21.2 Å². The minimum absolute atomic E-state index is 0.125. The monoisotopic (exact) mass is 734 g/mol. The molecule has 0 spiro atoms. The molecule has 268 valence electrons. The first kappa shape index (κ1) is 40.6. The van der Waals surface area contributed by atoms with Gasteiger partial charge in [0, 0.05) is 0 Å². The third kappa shape index (κ3) is 11.4. The number of esters is 2. The minimum Gasteiger partial charge on any atom is -0.744 e. The van der Waals surface area contributed by atoms with Crippen LogP contribution in [0, 0.1) is 0 Å². The number of carbonyl (C=O) groups excluding carboxylic acids is 2. The van der Waals surface area contributed by atoms with Gasteiger partial charge in [-0.1, -0.05) is 72.8 Å². The lowest BCUT2D eigenvalue weighted by Gasteiger charge is -2.27. The van der Waals surface area contributed by atoms with Gasteiger partial charge in [-0.25, -0.2) is 18.0 Å². The highest BCUT2D eigenvalue weighted by atomic mass is 32.2. The molecular weight excluding hydrogens is 695 g/mol. The van der Waals surface area contributed by atoms with E-state index >= 15 is 0 Å². The van der Waals surface area contributed by atoms with Crippen molar-refractivity contribution in [2.24, 2.45) is 0 Å². The summed E-state index contributed by atoms with van der Waals surface area (Å²) in [5, 5.41) is 37.9. The molecule has 5 aromatic rings. The van der Waals surface area contributed by atoms with Crippen LogP contribution in [-0.4, -0.2) is 85.0 Å². The highest BCUT2D eigenvalue weighted by Crippen LogP contribution is 2.54. The first-order valence-corrected chi connectivity index (χ1v) is 18.8. The Kier molecular flexibility index (Phi) is 16.6. The van der Waals surface area contributed by atoms with Crippen molar-refractivity contribution in [3.05, 3.63) is 151 Å². The van der Waals surface area contributed by atoms with Gasteiger partial charge in [-0.05, 0) is 66.7 Å². The van der Waals surface area contributed by atoms with Crippen LogP contribution in [0.4, 0.5) is 0 Å². The van der Waals surface area contributed by atoms with E-state index in [0.717, 1.165) is 18.2 Å². The maximum atomic E-state index is 11.6. The Morgan fingerprint density at radius 1 is 0.510 bits per heavy atom. The Morgan fingerprint density at radius 2 is 0.804 bits per heavy atom. The summed E-state index contributed by atoms with van der Waals surface area (Å²) in [6.07, 6.45) is 0. The van der Waals surface area contributed by atoms with Gasteiger partial charge >= 0.3 is 11.9 Å². The van der Waals surface area contributed by atoms with E-state index in [2.05, 4.69) is 131 Å². The zero-order valence-corrected chi connectivity index (χ0v) is 29.2. The largest absolute Gasteiger partial charge is 0.744 e. The number of benzene rings is 5. The highest BCUT2D eigenvalue weighted by molar-refractivity contribution is 8.01. The number of aliphatic hydroxyl groups excluding tert-OH is 4. The average Bonchev–Trinajstić information content (AvgIpc) is 3.18. The fraction of sp³-hybridized carbons (Fsp3) is 0.158. The van der Waals surface area contributed by atoms with Crippen molar-refractivity contribution in [2.45, 2.75) is 4.90 Å². The van der Waals surface area contributed by atoms with Crippen molar-refractivity contribution in [3.8, 4) is 0 Å². The standard InChI is InChI=1S/C24H20P.C12H14O9S.C2H6O2/c1-5-13-21(14-6-1)25(22-15-7-2-8-16-22,23-17-9-3-10-18-23)24-19-11-4-12-20-24;13-1-3-20-11(15)8-5-9(12(16)21-4-2-14)7-10(6-8)22(17,18)19;3-1-2-4/h1-20H;5-7,13-14H,1-4H2,(H,17,18,19);3-4H,1-2H2/q+1;;/p-1. The molecule has 0 radical (unpaired) electrons. The van der Waals surface area contributed by atoms with E-state index in [-0.39, 0.29) is 37.6 Å². The average molecular weight is 735 g/mol. The summed E-state index contributed by atoms with van der Waals surface area (Å²) >= 11 is 0. The normalized spacial score (nSPS) is 10.8. The summed E-state index contributed by atoms with van der Waals surface area (Å²) < 4.78 is 42.4. The summed E-state index contributed by atoms with van der Waals surface area (Å²) in [6, 6.07) is 46.3. The molecule has 0 atom stereocenters. The summed E-state index contributed by atoms with van der Waals surface area (Å²) in [4.78, 5) is 22.5. The van der Waals surface area contributed by atoms with Gasteiger partial charge in [0.1, 0.15) is 51.8 Å². The predicted octanol–water partition coefficient (Wildman–Crippen LogP) is 2.17. The topological polar surface area (TPSA) is 191 Å². The van der Waals surface area contributed by atoms with E-state index in [1.54, 1.807) is 0 Å². The second-order valence-electron chi connectivity index (χ2n) is 10.4. The van der Waals surface area contributed by atoms with Crippen molar-refractivity contribution >= 4 is 50.5 Å². The van der Waals surface area contributed by atoms with Gasteiger partial charge in [-0.15, -0.1) is 0 Å². The van der Waals surface area contributed by atoms with Crippen molar-refractivity contribution < 1.29 is 52.5 Å². The number of hydrogen-bond acceptors (Lipinski definition) is 11. The van der Waals surface area contributed by atoms with Crippen LogP contribution in [0.15, 0.2) is 144 Å². The fourth-order valence-corrected chi connectivity index (χ4v) is 9.73. The van der Waals surface area contributed by atoms with E-state index in [4.69, 9.17) is 20.4 Å². The lowest BCUT2D eigenvalue weighted by Crippen LogP contribution is -2.38. The van der Waals surface area contributed by atoms with Crippen LogP contribution in [0.25, 0.3) is 0 Å². The first-order valence-electron chi connectivity index (χ1n) is 15.6. The molecule has 0 heterocycles. The summed E-state index contributed by atoms with van der Waals surface area (Å²) in [7, 11) is -6.83. The van der Waals surface area contributed by atoms with E-state index in [1.165, 1.54) is 21.2 Å². The molecule has 0 saturated heterocycles. The number of ether oxygens (including phenoxy) is 2. The molecule has 0 unspecified atom stereocenters. The Labute approximate surface area is 297 Å². The van der Waals surface area contributed by atoms with Crippen molar-refractivity contribution in [1.82, 2.24) is 0 Å². The number of hydrogen-bond donors (Lipinski definition) is 4. The SMILES string of the molecule is O=C(OCCO)c1cc(C(=O)OCCO)cc(S(=O)(=O)[O-])c1.OCCO.c1ccc([P+](c2ccccc2)(c2ccccc2)c2ccccc2)cc1. The molecule has 0 aliphatic rings. The maximum absolute atomic E-state index is 11.6. The van der Waals surface area contributed by atoms with Crippen LogP contribution in [0.3, 0.4) is 0 Å². The van der Waals surface area contributed by atoms with E-state index in [1.807, 2.05) is 0 Å². The van der Waals surface area contributed by atoms with Crippen LogP contribution in [0.2, 0.25) is 0 Å². The first-order chi connectivity index (χ1) is 24.6. The van der Waals surface area contributed by atoms with Gasteiger partial charge < -0.3 is 34.5 Å². The van der Waals surface area contributed by atoms with Gasteiger partial charge in [0.25, 0.3) is 0 Å². The second kappa shape index (κ2) is 20.8. The Hall–Kier alpha value is -4.78. The Morgan fingerprint density at radius 3 is 1.04 bits per heavy atom. The molecule has 0 aliphatic carbocycles. The van der Waals surface area contributed by atoms with Crippen molar-refractivity contribution in [3.63, 3.8) is 0 Å². The molecule has 0 fully saturated rings. The Balaban J connectivity index is 0.000000252. The summed E-state index contributed by atoms with van der Waals surface area (Å²) in [5.41, 5.74) is -0.720. The van der Waals surface area contributed by atoms with E-state index in [9.17, 15) is 22.6 Å². The Bertz CT molecular complexity index is 1690. The third-order valence-electron chi connectivity index (χ3n) is 6.99. The fourth-order valence-electron chi connectivity index (χ4n) is 4.92. The number of rotatable bonds is 12. The van der Waals surface area contributed by atoms with Crippen LogP contribution in [0.1, 0.15) is 20.7 Å². The molecule has 5 rings (SSSR count). The molecule has 4 N–H and O–H groups in total. The molecule has 0 bridgehead atoms. The van der Waals surface area contributed by atoms with Gasteiger partial charge in [-0.3, -0.25) is 0 Å². The molecule has 0 amide bonds. The lowest BCUT2D eigenvalue weighted by molar-refractivity contribution is 0.0429. The quantitative estimate of drug-likeness (QED) is 0.0835. The third-order valence-corrected chi connectivity index (χ3v) is 12.1. The van der Waals surface area contributed by atoms with Gasteiger partial charge in [0.15, 0.2) is 0 Å². The zero-order valence-electron chi connectivity index (χ0n) is 27.5. The molecule has 0 saturated carbocycles. The van der Waals surface area contributed by atoms with Gasteiger partial charge in [0.2, 0.25) is 0 Å². The van der Waals surface area contributed by atoms with Gasteiger partial charge in [0.05, 0.1) is 42.4 Å². The number of carbonyl (C=O) groups is 2. The smallest absolute Gasteiger partial charge is 0.338 e. The molecule has 0 aliphatic heterocycles. The molecule has 13 heteroatoms. The summed E-state index contributed by atoms with van der Waals surface area (Å²) in [5.74, 6) is -2.04. The minimum atomic E-state index is -4.92. The molecule has 11 nitrogen and oxygen atoms in total. The molecule has 51 heavy (non-hydrogen) atoms. The predicted molar refractivity (Wildman–Crippen MR) is 195 cm³/mol. The summed E-state index contributed by atoms with van der Waals surface area (Å²) in [6.45, 7) is -1.82. The van der Waals surface area contributed by atoms with Crippen molar-refractivity contribution in [1.29, 1.82) is 0 Å². The van der Waals surface area contributed by atoms with E-state index in [0.29, 0.717) is 0 Å². The highest BCUT2D eigenvalue weighted by Gasteiger charge is 2.47. The zero-order chi connectivity index (χ0) is 37.1. The van der Waals surface area contributed by atoms with Crippen molar-refractivity contribution in [2.75, 3.05) is 39.6 Å². The molecule has 0 aromatic heterocycles. The lowest BCUT2D eigenvalue weighted by atomic mass is 10.1. The van der Waals surface area contributed by atoms with Crippen LogP contribution in [0.5, 0.6) is 0 Å². The molecular formula is C38H39O11PS. The van der Waals surface area contributed by atoms with Crippen LogP contribution in [-0.2, 0) is 19.6 Å². The van der Waals surface area contributed by atoms with Crippen LogP contribution >= 0.6 is 7.26 Å². The van der Waals surface area contributed by atoms with E-state index < -0.39 is 47.4 Å². The number of aliphatic hydroxyl groups is 4. The maximum Gasteiger partial charge on any atom is 0.338 e.